The van der Waals surface area contributed by atoms with Crippen molar-refractivity contribution in [2.45, 2.75) is 64.2 Å². The second-order valence-corrected chi connectivity index (χ2v) is 11.2. The molecular formula is C34H36O4. The Morgan fingerprint density at radius 2 is 0.605 bits per heavy atom. The van der Waals surface area contributed by atoms with Gasteiger partial charge in [-0.1, -0.05) is 24.3 Å². The molecule has 4 N–H and O–H groups in total. The van der Waals surface area contributed by atoms with E-state index in [2.05, 4.69) is 52.0 Å². The molecule has 0 radical (unpaired) electrons. The molecule has 1 saturated carbocycles. The molecule has 1 aliphatic carbocycles. The molecule has 0 atom stereocenters. The molecular weight excluding hydrogens is 472 g/mol. The molecule has 0 amide bonds. The van der Waals surface area contributed by atoms with Crippen molar-refractivity contribution in [1.82, 2.24) is 0 Å². The molecule has 4 aromatic rings. The molecule has 0 bridgehead atoms. The standard InChI is InChI=1S/C34H36O4/c1-21-17-25(35)5-9-29(21)33(30-10-6-26(36)18-22(30)2)13-15-34(16-14-33,31-11-7-27(37)19-23(31)3)32-12-8-28(38)20-24(32)4/h5-12,17-20,35-38H,13-16H2,1-4H3. The Labute approximate surface area is 224 Å². The number of phenolic OH excluding ortho intramolecular Hbond substituents is 4. The van der Waals surface area contributed by atoms with Crippen LogP contribution in [-0.4, -0.2) is 20.4 Å². The summed E-state index contributed by atoms with van der Waals surface area (Å²) in [4.78, 5) is 0. The van der Waals surface area contributed by atoms with Gasteiger partial charge in [0.1, 0.15) is 23.0 Å². The minimum Gasteiger partial charge on any atom is -0.508 e. The zero-order chi connectivity index (χ0) is 27.2. The highest BCUT2D eigenvalue weighted by molar-refractivity contribution is 5.54. The fourth-order valence-corrected chi connectivity index (χ4v) is 7.21. The van der Waals surface area contributed by atoms with Gasteiger partial charge in [-0.3, -0.25) is 0 Å². The maximum absolute atomic E-state index is 10.2. The van der Waals surface area contributed by atoms with Gasteiger partial charge in [-0.15, -0.1) is 0 Å². The monoisotopic (exact) mass is 508 g/mol. The maximum atomic E-state index is 10.2. The highest BCUT2D eigenvalue weighted by Gasteiger charge is 2.48. The van der Waals surface area contributed by atoms with Crippen LogP contribution in [0.2, 0.25) is 0 Å². The largest absolute Gasteiger partial charge is 0.508 e. The molecule has 1 aliphatic rings. The van der Waals surface area contributed by atoms with E-state index < -0.39 is 0 Å². The minimum absolute atomic E-state index is 0.258. The Bertz CT molecular complexity index is 1290. The number of aryl methyl sites for hydroxylation is 4. The van der Waals surface area contributed by atoms with Gasteiger partial charge in [0.25, 0.3) is 0 Å². The lowest BCUT2D eigenvalue weighted by atomic mass is 9.53. The number of benzene rings is 4. The van der Waals surface area contributed by atoms with Gasteiger partial charge >= 0.3 is 0 Å². The Balaban J connectivity index is 1.71. The fourth-order valence-electron chi connectivity index (χ4n) is 7.21. The first-order valence-electron chi connectivity index (χ1n) is 13.3. The van der Waals surface area contributed by atoms with Gasteiger partial charge in [0.05, 0.1) is 0 Å². The van der Waals surface area contributed by atoms with Crippen molar-refractivity contribution in [2.24, 2.45) is 0 Å². The van der Waals surface area contributed by atoms with Crippen molar-refractivity contribution in [3.05, 3.63) is 117 Å². The number of rotatable bonds is 4. The highest BCUT2D eigenvalue weighted by atomic mass is 16.3. The van der Waals surface area contributed by atoms with Crippen LogP contribution >= 0.6 is 0 Å². The molecule has 0 aliphatic heterocycles. The summed E-state index contributed by atoms with van der Waals surface area (Å²) in [5, 5.41) is 40.8. The quantitative estimate of drug-likeness (QED) is 0.229. The molecule has 4 heteroatoms. The number of phenols is 4. The summed E-state index contributed by atoms with van der Waals surface area (Å²) < 4.78 is 0. The van der Waals surface area contributed by atoms with E-state index in [9.17, 15) is 20.4 Å². The molecule has 0 heterocycles. The van der Waals surface area contributed by atoms with E-state index in [-0.39, 0.29) is 33.8 Å². The van der Waals surface area contributed by atoms with Crippen LogP contribution < -0.4 is 0 Å². The minimum atomic E-state index is -0.297. The zero-order valence-corrected chi connectivity index (χ0v) is 22.5. The lowest BCUT2D eigenvalue weighted by Gasteiger charge is -2.49. The Hall–Kier alpha value is -3.92. The summed E-state index contributed by atoms with van der Waals surface area (Å²) in [5.74, 6) is 1.03. The summed E-state index contributed by atoms with van der Waals surface area (Å²) in [7, 11) is 0. The topological polar surface area (TPSA) is 80.9 Å². The van der Waals surface area contributed by atoms with E-state index in [1.165, 1.54) is 22.3 Å². The summed E-state index contributed by atoms with van der Waals surface area (Å²) in [6.45, 7) is 8.23. The van der Waals surface area contributed by atoms with Crippen LogP contribution in [0.4, 0.5) is 0 Å². The molecule has 0 unspecified atom stereocenters. The highest BCUT2D eigenvalue weighted by Crippen LogP contribution is 2.56. The van der Waals surface area contributed by atoms with Crippen LogP contribution in [0, 0.1) is 27.7 Å². The Kier molecular flexibility index (Phi) is 6.38. The lowest BCUT2D eigenvalue weighted by Crippen LogP contribution is -2.42. The van der Waals surface area contributed by atoms with E-state index in [1.54, 1.807) is 24.3 Å². The van der Waals surface area contributed by atoms with Crippen molar-refractivity contribution in [3.8, 4) is 23.0 Å². The van der Waals surface area contributed by atoms with Crippen LogP contribution in [0.15, 0.2) is 72.8 Å². The summed E-state index contributed by atoms with van der Waals surface area (Å²) >= 11 is 0. The van der Waals surface area contributed by atoms with E-state index >= 15 is 0 Å². The number of aromatic hydroxyl groups is 4. The number of hydrogen-bond acceptors (Lipinski definition) is 4. The molecule has 4 aromatic carbocycles. The smallest absolute Gasteiger partial charge is 0.115 e. The van der Waals surface area contributed by atoms with Gasteiger partial charge in [-0.25, -0.2) is 0 Å². The SMILES string of the molecule is Cc1cc(O)ccc1C1(c2ccc(O)cc2C)CCC(c2ccc(O)cc2C)(c2ccc(O)cc2C)CC1. The summed E-state index contributed by atoms with van der Waals surface area (Å²) in [6, 6.07) is 22.7. The Morgan fingerprint density at radius 1 is 0.395 bits per heavy atom. The zero-order valence-electron chi connectivity index (χ0n) is 22.5. The van der Waals surface area contributed by atoms with Crippen LogP contribution in [0.1, 0.15) is 70.2 Å². The molecule has 0 aromatic heterocycles. The molecule has 38 heavy (non-hydrogen) atoms. The molecule has 0 spiro atoms. The first-order chi connectivity index (χ1) is 18.1. The van der Waals surface area contributed by atoms with Gasteiger partial charge in [-0.05, 0) is 146 Å². The van der Waals surface area contributed by atoms with E-state index in [0.717, 1.165) is 47.9 Å². The average Bonchev–Trinajstić information content (AvgIpc) is 2.84. The van der Waals surface area contributed by atoms with Gasteiger partial charge in [-0.2, -0.15) is 0 Å². The van der Waals surface area contributed by atoms with Gasteiger partial charge in [0, 0.05) is 10.8 Å². The van der Waals surface area contributed by atoms with E-state index in [0.29, 0.717) is 0 Å². The van der Waals surface area contributed by atoms with Crippen LogP contribution in [0.25, 0.3) is 0 Å². The maximum Gasteiger partial charge on any atom is 0.115 e. The molecule has 5 rings (SSSR count). The third-order valence-electron chi connectivity index (χ3n) is 8.86. The fraction of sp³-hybridized carbons (Fsp3) is 0.294. The predicted octanol–water partition coefficient (Wildman–Crippen LogP) is 7.59. The predicted molar refractivity (Wildman–Crippen MR) is 151 cm³/mol. The molecule has 0 saturated heterocycles. The van der Waals surface area contributed by atoms with E-state index in [1.807, 2.05) is 24.3 Å². The first-order valence-corrected chi connectivity index (χ1v) is 13.3. The second kappa shape index (κ2) is 9.43. The molecule has 1 fully saturated rings. The van der Waals surface area contributed by atoms with E-state index in [4.69, 9.17) is 0 Å². The average molecular weight is 509 g/mol. The van der Waals surface area contributed by atoms with Crippen molar-refractivity contribution in [3.63, 3.8) is 0 Å². The van der Waals surface area contributed by atoms with Crippen molar-refractivity contribution >= 4 is 0 Å². The van der Waals surface area contributed by atoms with Gasteiger partial charge in [0.15, 0.2) is 0 Å². The van der Waals surface area contributed by atoms with Gasteiger partial charge < -0.3 is 20.4 Å². The number of hydrogen-bond donors (Lipinski definition) is 4. The summed E-state index contributed by atoms with van der Waals surface area (Å²) in [5.41, 5.74) is 8.38. The van der Waals surface area contributed by atoms with Crippen molar-refractivity contribution < 1.29 is 20.4 Å². The van der Waals surface area contributed by atoms with Crippen molar-refractivity contribution in [2.75, 3.05) is 0 Å². The Morgan fingerprint density at radius 3 is 0.789 bits per heavy atom. The first kappa shape index (κ1) is 25.7. The van der Waals surface area contributed by atoms with Crippen LogP contribution in [0.5, 0.6) is 23.0 Å². The van der Waals surface area contributed by atoms with Crippen LogP contribution in [-0.2, 0) is 10.8 Å². The third-order valence-corrected chi connectivity index (χ3v) is 8.86. The van der Waals surface area contributed by atoms with Crippen LogP contribution in [0.3, 0.4) is 0 Å². The lowest BCUT2D eigenvalue weighted by molar-refractivity contribution is 0.253. The third kappa shape index (κ3) is 4.18. The molecule has 4 nitrogen and oxygen atoms in total. The van der Waals surface area contributed by atoms with Gasteiger partial charge in [0.2, 0.25) is 0 Å². The normalized spacial score (nSPS) is 16.3. The molecule has 196 valence electrons. The second-order valence-electron chi connectivity index (χ2n) is 11.2. The van der Waals surface area contributed by atoms with Crippen molar-refractivity contribution in [1.29, 1.82) is 0 Å². The summed E-state index contributed by atoms with van der Waals surface area (Å²) in [6.07, 6.45) is 3.41.